The molecule has 0 aromatic heterocycles. The van der Waals surface area contributed by atoms with Gasteiger partial charge in [0.05, 0.1) is 24.0 Å². The normalized spacial score (nSPS) is 9.91. The topological polar surface area (TPSA) is 63.0 Å². The van der Waals surface area contributed by atoms with Crippen molar-refractivity contribution >= 4 is 48.0 Å². The number of nitrogens with zero attached hydrogens (tertiary/aromatic N) is 2. The van der Waals surface area contributed by atoms with Gasteiger partial charge in [0.1, 0.15) is 5.75 Å². The van der Waals surface area contributed by atoms with E-state index in [0.29, 0.717) is 33.4 Å². The molecule has 0 saturated heterocycles. The summed E-state index contributed by atoms with van der Waals surface area (Å²) >= 11 is 5.93. The van der Waals surface area contributed by atoms with Crippen LogP contribution in [-0.4, -0.2) is 26.5 Å². The maximum absolute atomic E-state index is 12.4. The Labute approximate surface area is 133 Å². The van der Waals surface area contributed by atoms with E-state index in [1.165, 1.54) is 7.11 Å². The Morgan fingerprint density at radius 2 is 1.86 bits per heavy atom. The van der Waals surface area contributed by atoms with Crippen LogP contribution in [0.25, 0.3) is 0 Å². The van der Waals surface area contributed by atoms with Gasteiger partial charge in [-0.15, -0.1) is 0 Å². The highest BCUT2D eigenvalue weighted by Gasteiger charge is 2.13. The van der Waals surface area contributed by atoms with Crippen LogP contribution >= 0.6 is 11.6 Å². The fourth-order valence-electron chi connectivity index (χ4n) is 1.92. The van der Waals surface area contributed by atoms with Gasteiger partial charge in [0.25, 0.3) is 5.91 Å². The van der Waals surface area contributed by atoms with Crippen molar-refractivity contribution in [1.29, 1.82) is 0 Å². The van der Waals surface area contributed by atoms with Gasteiger partial charge in [-0.3, -0.25) is 14.8 Å². The van der Waals surface area contributed by atoms with E-state index in [1.807, 2.05) is 0 Å². The minimum atomic E-state index is -0.339. The number of carbonyl (C=O) groups excluding carboxylic acids is 1. The maximum Gasteiger partial charge on any atom is 0.259 e. The number of halogens is 1. The lowest BCUT2D eigenvalue weighted by Crippen LogP contribution is -2.13. The Balaban J connectivity index is 2.31. The Hall–Kier alpha value is -2.66. The van der Waals surface area contributed by atoms with Gasteiger partial charge in [0.2, 0.25) is 0 Å². The summed E-state index contributed by atoms with van der Waals surface area (Å²) < 4.78 is 5.17. The van der Waals surface area contributed by atoms with Crippen LogP contribution in [0.4, 0.5) is 17.1 Å². The van der Waals surface area contributed by atoms with Crippen molar-refractivity contribution in [3.8, 4) is 5.75 Å². The second-order valence-corrected chi connectivity index (χ2v) is 4.75. The second-order valence-electron chi connectivity index (χ2n) is 4.32. The molecule has 2 aromatic rings. The molecule has 0 unspecified atom stereocenters. The smallest absolute Gasteiger partial charge is 0.259 e. The summed E-state index contributed by atoms with van der Waals surface area (Å²) in [6.07, 6.45) is 0. The van der Waals surface area contributed by atoms with Crippen molar-refractivity contribution in [1.82, 2.24) is 0 Å². The summed E-state index contributed by atoms with van der Waals surface area (Å²) in [5.41, 5.74) is 2.02. The molecule has 112 valence electrons. The van der Waals surface area contributed by atoms with Gasteiger partial charge in [-0.05, 0) is 49.8 Å². The molecule has 2 aromatic carbocycles. The van der Waals surface area contributed by atoms with Crippen LogP contribution in [0.15, 0.2) is 46.4 Å². The third-order valence-electron chi connectivity index (χ3n) is 2.98. The molecule has 0 heterocycles. The number of hydrogen-bond donors (Lipinski definition) is 1. The molecule has 0 spiro atoms. The minimum absolute atomic E-state index is 0.339. The third-order valence-corrected chi connectivity index (χ3v) is 3.22. The number of amides is 1. The zero-order valence-electron chi connectivity index (χ0n) is 12.0. The van der Waals surface area contributed by atoms with Crippen LogP contribution in [0.3, 0.4) is 0 Å². The lowest BCUT2D eigenvalue weighted by Gasteiger charge is -2.10. The Morgan fingerprint density at radius 3 is 2.50 bits per heavy atom. The van der Waals surface area contributed by atoms with Crippen LogP contribution in [-0.2, 0) is 0 Å². The highest BCUT2D eigenvalue weighted by atomic mass is 35.5. The number of methoxy groups -OCH3 is 1. The fraction of sp³-hybridized carbons (Fsp3) is 0.0625. The van der Waals surface area contributed by atoms with Crippen molar-refractivity contribution in [3.05, 3.63) is 47.0 Å². The zero-order chi connectivity index (χ0) is 16.1. The van der Waals surface area contributed by atoms with Crippen molar-refractivity contribution in [3.63, 3.8) is 0 Å². The molecule has 0 aliphatic heterocycles. The van der Waals surface area contributed by atoms with Crippen LogP contribution in [0.2, 0.25) is 5.02 Å². The summed E-state index contributed by atoms with van der Waals surface area (Å²) in [5.74, 6) is 0.0991. The number of benzene rings is 2. The Morgan fingerprint density at radius 1 is 1.14 bits per heavy atom. The van der Waals surface area contributed by atoms with Crippen molar-refractivity contribution in [2.45, 2.75) is 0 Å². The van der Waals surface area contributed by atoms with Crippen molar-refractivity contribution in [2.24, 2.45) is 9.98 Å². The third kappa shape index (κ3) is 3.32. The summed E-state index contributed by atoms with van der Waals surface area (Å²) in [7, 11) is 1.49. The largest absolute Gasteiger partial charge is 0.496 e. The average Bonchev–Trinajstić information content (AvgIpc) is 2.54. The van der Waals surface area contributed by atoms with E-state index in [9.17, 15) is 4.79 Å². The summed E-state index contributed by atoms with van der Waals surface area (Å²) in [4.78, 5) is 20.0. The van der Waals surface area contributed by atoms with E-state index in [0.717, 1.165) is 0 Å². The average molecular weight is 316 g/mol. The van der Waals surface area contributed by atoms with Gasteiger partial charge in [0.15, 0.2) is 0 Å². The minimum Gasteiger partial charge on any atom is -0.496 e. The SMILES string of the molecule is C=Nc1ccc(NC(=O)c2cc(Cl)ccc2OC)cc1N=C. The first-order chi connectivity index (χ1) is 10.6. The van der Waals surface area contributed by atoms with Gasteiger partial charge in [-0.1, -0.05) is 11.6 Å². The Kier molecular flexibility index (Phi) is 4.91. The first-order valence-corrected chi connectivity index (χ1v) is 6.69. The molecule has 0 fully saturated rings. The Bertz CT molecular complexity index is 744. The van der Waals surface area contributed by atoms with Gasteiger partial charge < -0.3 is 10.1 Å². The summed E-state index contributed by atoms with van der Waals surface area (Å²) in [6.45, 7) is 6.92. The van der Waals surface area contributed by atoms with Crippen LogP contribution in [0.1, 0.15) is 10.4 Å². The number of ether oxygens (including phenoxy) is 1. The molecule has 0 atom stereocenters. The maximum atomic E-state index is 12.4. The fourth-order valence-corrected chi connectivity index (χ4v) is 2.09. The predicted molar refractivity (Wildman–Crippen MR) is 90.8 cm³/mol. The second kappa shape index (κ2) is 6.87. The molecule has 0 aliphatic rings. The number of rotatable bonds is 5. The lowest BCUT2D eigenvalue weighted by molar-refractivity contribution is 0.102. The summed E-state index contributed by atoms with van der Waals surface area (Å²) in [6, 6.07) is 9.89. The number of aliphatic imine (C=N–C) groups is 2. The molecule has 1 amide bonds. The highest BCUT2D eigenvalue weighted by Crippen LogP contribution is 2.31. The number of carbonyl (C=O) groups is 1. The molecule has 2 rings (SSSR count). The first kappa shape index (κ1) is 15.7. The van der Waals surface area contributed by atoms with E-state index >= 15 is 0 Å². The molecule has 0 aliphatic carbocycles. The number of hydrogen-bond acceptors (Lipinski definition) is 4. The van der Waals surface area contributed by atoms with E-state index < -0.39 is 0 Å². The van der Waals surface area contributed by atoms with E-state index in [4.69, 9.17) is 16.3 Å². The quantitative estimate of drug-likeness (QED) is 0.838. The zero-order valence-corrected chi connectivity index (χ0v) is 12.7. The lowest BCUT2D eigenvalue weighted by atomic mass is 10.1. The van der Waals surface area contributed by atoms with Gasteiger partial charge in [-0.2, -0.15) is 0 Å². The standard InChI is InChI=1S/C16H14ClN3O2/c1-18-13-6-5-11(9-14(13)19-2)20-16(21)12-8-10(17)4-7-15(12)22-3/h4-9H,1-2H2,3H3,(H,20,21). The van der Waals surface area contributed by atoms with E-state index in [-0.39, 0.29) is 5.91 Å². The van der Waals surface area contributed by atoms with Crippen molar-refractivity contribution in [2.75, 3.05) is 12.4 Å². The molecule has 22 heavy (non-hydrogen) atoms. The van der Waals surface area contributed by atoms with Crippen molar-refractivity contribution < 1.29 is 9.53 Å². The molecule has 0 bridgehead atoms. The van der Waals surface area contributed by atoms with Crippen LogP contribution < -0.4 is 10.1 Å². The van der Waals surface area contributed by atoms with E-state index in [2.05, 4.69) is 28.7 Å². The van der Waals surface area contributed by atoms with Gasteiger partial charge >= 0.3 is 0 Å². The van der Waals surface area contributed by atoms with Crippen LogP contribution in [0, 0.1) is 0 Å². The molecule has 0 radical (unpaired) electrons. The molecular weight excluding hydrogens is 302 g/mol. The molecule has 5 nitrogen and oxygen atoms in total. The molecule has 1 N–H and O–H groups in total. The first-order valence-electron chi connectivity index (χ1n) is 6.31. The summed E-state index contributed by atoms with van der Waals surface area (Å²) in [5, 5.41) is 3.21. The van der Waals surface area contributed by atoms with E-state index in [1.54, 1.807) is 36.4 Å². The predicted octanol–water partition coefficient (Wildman–Crippen LogP) is 4.27. The molecule has 6 heteroatoms. The van der Waals surface area contributed by atoms with Crippen LogP contribution in [0.5, 0.6) is 5.75 Å². The van der Waals surface area contributed by atoms with Gasteiger partial charge in [-0.25, -0.2) is 0 Å². The highest BCUT2D eigenvalue weighted by molar-refractivity contribution is 6.31. The van der Waals surface area contributed by atoms with Gasteiger partial charge in [0, 0.05) is 10.7 Å². The monoisotopic (exact) mass is 315 g/mol. The molecule has 0 saturated carbocycles. The number of anilines is 1. The molecular formula is C16H14ClN3O2. The number of nitrogens with one attached hydrogen (secondary N) is 1.